The van der Waals surface area contributed by atoms with Gasteiger partial charge in [-0.15, -0.1) is 10.2 Å². The summed E-state index contributed by atoms with van der Waals surface area (Å²) in [7, 11) is 0. The fourth-order valence-electron chi connectivity index (χ4n) is 2.94. The Morgan fingerprint density at radius 1 is 1.04 bits per heavy atom. The van der Waals surface area contributed by atoms with E-state index in [1.54, 1.807) is 0 Å². The van der Waals surface area contributed by atoms with Crippen LogP contribution in [-0.4, -0.2) is 43.9 Å². The molecule has 4 aromatic rings. The molecule has 3 heterocycles. The van der Waals surface area contributed by atoms with Gasteiger partial charge in [-0.05, 0) is 30.7 Å². The molecule has 0 unspecified atom stereocenters. The molecule has 0 radical (unpaired) electrons. The second-order valence-electron chi connectivity index (χ2n) is 6.04. The number of benzene rings is 1. The van der Waals surface area contributed by atoms with Crippen molar-refractivity contribution < 1.29 is 9.90 Å². The Balaban J connectivity index is 1.62. The van der Waals surface area contributed by atoms with Crippen LogP contribution in [0.15, 0.2) is 54.7 Å². The van der Waals surface area contributed by atoms with E-state index in [4.69, 9.17) is 10.1 Å². The number of carbonyl (C=O) groups is 1. The summed E-state index contributed by atoms with van der Waals surface area (Å²) >= 11 is 0. The summed E-state index contributed by atoms with van der Waals surface area (Å²) in [4.78, 5) is 15.3. The zero-order valence-corrected chi connectivity index (χ0v) is 14.5. The largest absolute Gasteiger partial charge is 0.465 e. The molecule has 0 spiro atoms. The highest BCUT2D eigenvalue weighted by molar-refractivity contribution is 5.91. The van der Waals surface area contributed by atoms with Crippen LogP contribution >= 0.6 is 0 Å². The molecule has 0 atom stereocenters. The van der Waals surface area contributed by atoms with Crippen LogP contribution in [0, 0.1) is 0 Å². The van der Waals surface area contributed by atoms with Crippen molar-refractivity contribution in [3.63, 3.8) is 0 Å². The number of aromatic nitrogens is 4. The first-order chi connectivity index (χ1) is 13.2. The van der Waals surface area contributed by atoms with E-state index in [0.717, 1.165) is 27.9 Å². The quantitative estimate of drug-likeness (QED) is 0.456. The minimum atomic E-state index is -1.01. The number of amides is 1. The molecule has 4 rings (SSSR count). The molecule has 27 heavy (non-hydrogen) atoms. The van der Waals surface area contributed by atoms with Gasteiger partial charge in [-0.25, -0.2) is 9.78 Å². The van der Waals surface area contributed by atoms with Crippen LogP contribution in [0.4, 0.5) is 10.5 Å². The molecule has 1 amide bonds. The van der Waals surface area contributed by atoms with Gasteiger partial charge in [0.1, 0.15) is 5.69 Å². The molecule has 1 aromatic carbocycles. The van der Waals surface area contributed by atoms with Crippen molar-refractivity contribution in [2.24, 2.45) is 0 Å². The lowest BCUT2D eigenvalue weighted by atomic mass is 10.1. The van der Waals surface area contributed by atoms with Crippen molar-refractivity contribution in [1.29, 1.82) is 0 Å². The minimum absolute atomic E-state index is 0.400. The van der Waals surface area contributed by atoms with Crippen molar-refractivity contribution in [3.8, 4) is 11.5 Å². The Hall–Kier alpha value is -3.68. The Morgan fingerprint density at radius 3 is 2.85 bits per heavy atom. The molecule has 3 aromatic heterocycles. The van der Waals surface area contributed by atoms with Gasteiger partial charge < -0.3 is 15.7 Å². The highest BCUT2D eigenvalue weighted by atomic mass is 16.4. The number of nitrogens with zero attached hydrogens (tertiary/aromatic N) is 4. The second kappa shape index (κ2) is 7.28. The van der Waals surface area contributed by atoms with Crippen LogP contribution in [0.3, 0.4) is 0 Å². The summed E-state index contributed by atoms with van der Waals surface area (Å²) in [5, 5.41) is 23.8. The summed E-state index contributed by atoms with van der Waals surface area (Å²) in [6, 6.07) is 15.6. The summed E-state index contributed by atoms with van der Waals surface area (Å²) < 4.78 is 1.90. The Bertz CT molecular complexity index is 1110. The van der Waals surface area contributed by atoms with E-state index in [0.29, 0.717) is 25.3 Å². The molecule has 136 valence electrons. The first-order valence-corrected chi connectivity index (χ1v) is 8.63. The van der Waals surface area contributed by atoms with Crippen molar-refractivity contribution in [3.05, 3.63) is 54.7 Å². The monoisotopic (exact) mass is 362 g/mol. The average molecular weight is 362 g/mol. The number of hydrogen-bond acceptors (Lipinski definition) is 5. The molecular formula is C19H18N6O2. The number of anilines is 1. The number of pyridine rings is 2. The van der Waals surface area contributed by atoms with E-state index in [9.17, 15) is 4.79 Å². The average Bonchev–Trinajstić information content (AvgIpc) is 3.11. The highest BCUT2D eigenvalue weighted by Gasteiger charge is 2.11. The van der Waals surface area contributed by atoms with Gasteiger partial charge in [0, 0.05) is 24.7 Å². The fraction of sp³-hybridized carbons (Fsp3) is 0.158. The first kappa shape index (κ1) is 16.8. The highest BCUT2D eigenvalue weighted by Crippen LogP contribution is 2.25. The van der Waals surface area contributed by atoms with E-state index in [-0.39, 0.29) is 0 Å². The minimum Gasteiger partial charge on any atom is -0.465 e. The molecule has 0 aliphatic carbocycles. The summed E-state index contributed by atoms with van der Waals surface area (Å²) in [6.45, 7) is 1.04. The standard InChI is InChI=1S/C19H18N6O2/c26-19(27)21-11-4-10-20-14-6-3-5-13-8-9-15(22-17(13)14)18-24-23-16-7-1-2-12-25(16)18/h1-3,5-9,12,20-21H,4,10-11H2,(H,26,27). The van der Waals surface area contributed by atoms with Gasteiger partial charge in [0.05, 0.1) is 11.2 Å². The lowest BCUT2D eigenvalue weighted by Crippen LogP contribution is -2.23. The van der Waals surface area contributed by atoms with Gasteiger partial charge in [-0.2, -0.15) is 0 Å². The van der Waals surface area contributed by atoms with E-state index in [1.807, 2.05) is 59.1 Å². The molecule has 0 aliphatic rings. The lowest BCUT2D eigenvalue weighted by molar-refractivity contribution is 0.194. The zero-order valence-electron chi connectivity index (χ0n) is 14.5. The number of carboxylic acid groups (broad SMARTS) is 1. The third-order valence-electron chi connectivity index (χ3n) is 4.21. The summed E-state index contributed by atoms with van der Waals surface area (Å²) in [5.74, 6) is 0.688. The van der Waals surface area contributed by atoms with Gasteiger partial charge in [-0.3, -0.25) is 4.40 Å². The van der Waals surface area contributed by atoms with E-state index in [2.05, 4.69) is 20.8 Å². The number of para-hydroxylation sites is 1. The Morgan fingerprint density at radius 2 is 1.96 bits per heavy atom. The van der Waals surface area contributed by atoms with E-state index >= 15 is 0 Å². The van der Waals surface area contributed by atoms with Crippen molar-refractivity contribution in [2.75, 3.05) is 18.4 Å². The predicted molar refractivity (Wildman–Crippen MR) is 103 cm³/mol. The second-order valence-corrected chi connectivity index (χ2v) is 6.04. The van der Waals surface area contributed by atoms with Crippen molar-refractivity contribution in [2.45, 2.75) is 6.42 Å². The first-order valence-electron chi connectivity index (χ1n) is 8.63. The maximum Gasteiger partial charge on any atom is 0.404 e. The van der Waals surface area contributed by atoms with Crippen LogP contribution in [0.1, 0.15) is 6.42 Å². The zero-order chi connectivity index (χ0) is 18.6. The molecule has 0 aliphatic heterocycles. The van der Waals surface area contributed by atoms with Crippen molar-refractivity contribution >= 4 is 28.3 Å². The predicted octanol–water partition coefficient (Wildman–Crippen LogP) is 3.01. The van der Waals surface area contributed by atoms with E-state index in [1.165, 1.54) is 0 Å². The van der Waals surface area contributed by atoms with Crippen LogP contribution in [0.2, 0.25) is 0 Å². The van der Waals surface area contributed by atoms with Gasteiger partial charge in [0.15, 0.2) is 11.5 Å². The third-order valence-corrected chi connectivity index (χ3v) is 4.21. The number of rotatable bonds is 6. The Kier molecular flexibility index (Phi) is 4.52. The molecular weight excluding hydrogens is 344 g/mol. The van der Waals surface area contributed by atoms with Crippen LogP contribution in [-0.2, 0) is 0 Å². The summed E-state index contributed by atoms with van der Waals surface area (Å²) in [6.07, 6.45) is 1.58. The van der Waals surface area contributed by atoms with Gasteiger partial charge in [0.25, 0.3) is 0 Å². The van der Waals surface area contributed by atoms with Crippen LogP contribution in [0.25, 0.3) is 28.1 Å². The summed E-state index contributed by atoms with van der Waals surface area (Å²) in [5.41, 5.74) is 3.25. The van der Waals surface area contributed by atoms with Crippen LogP contribution < -0.4 is 10.6 Å². The molecule has 8 nitrogen and oxygen atoms in total. The fourth-order valence-corrected chi connectivity index (χ4v) is 2.94. The third kappa shape index (κ3) is 3.50. The normalized spacial score (nSPS) is 11.0. The maximum absolute atomic E-state index is 10.5. The van der Waals surface area contributed by atoms with E-state index < -0.39 is 6.09 Å². The molecule has 0 bridgehead atoms. The molecule has 0 fully saturated rings. The topological polar surface area (TPSA) is 104 Å². The molecule has 0 saturated carbocycles. The van der Waals surface area contributed by atoms with Crippen LogP contribution in [0.5, 0.6) is 0 Å². The maximum atomic E-state index is 10.5. The number of nitrogens with one attached hydrogen (secondary N) is 2. The SMILES string of the molecule is O=C(O)NCCCNc1cccc2ccc(-c3nnc4ccccn34)nc12. The van der Waals surface area contributed by atoms with Gasteiger partial charge in [0.2, 0.25) is 0 Å². The molecule has 3 N–H and O–H groups in total. The lowest BCUT2D eigenvalue weighted by Gasteiger charge is -2.10. The molecule has 8 heteroatoms. The van der Waals surface area contributed by atoms with Gasteiger partial charge in [-0.1, -0.05) is 24.3 Å². The molecule has 0 saturated heterocycles. The number of hydrogen-bond donors (Lipinski definition) is 3. The number of fused-ring (bicyclic) bond motifs is 2. The van der Waals surface area contributed by atoms with Gasteiger partial charge >= 0.3 is 6.09 Å². The smallest absolute Gasteiger partial charge is 0.404 e. The van der Waals surface area contributed by atoms with Crippen molar-refractivity contribution in [1.82, 2.24) is 24.9 Å². The Labute approximate surface area is 154 Å².